The molecule has 10 heteroatoms. The Bertz CT molecular complexity index is 1000. The standard InChI is InChI=1S/C25H31ClF3N5O/c1-31-10-14-33(15-11-31)21-5-2-19(3-6-21)24(35)30-22-7-4-20(26)18-23(22)34-16-12-32(13-17-34)9-8-25(27,28)29/h2-7,18H,8-17H2,1H3,(H,30,35). The van der Waals surface area contributed by atoms with Gasteiger partial charge in [0.25, 0.3) is 5.91 Å². The van der Waals surface area contributed by atoms with Crippen molar-refractivity contribution in [1.29, 1.82) is 0 Å². The lowest BCUT2D eigenvalue weighted by Gasteiger charge is -2.37. The van der Waals surface area contributed by atoms with Crippen molar-refractivity contribution in [1.82, 2.24) is 9.80 Å². The van der Waals surface area contributed by atoms with Crippen LogP contribution in [0.15, 0.2) is 42.5 Å². The maximum Gasteiger partial charge on any atom is 0.390 e. The predicted molar refractivity (Wildman–Crippen MR) is 135 cm³/mol. The van der Waals surface area contributed by atoms with E-state index in [1.807, 2.05) is 29.2 Å². The molecule has 0 unspecified atom stereocenters. The molecule has 2 heterocycles. The predicted octanol–water partition coefficient (Wildman–Crippen LogP) is 4.42. The number of hydrogen-bond acceptors (Lipinski definition) is 5. The van der Waals surface area contributed by atoms with Crippen LogP contribution in [0, 0.1) is 0 Å². The van der Waals surface area contributed by atoms with E-state index in [1.54, 1.807) is 18.2 Å². The minimum absolute atomic E-state index is 0.000599. The van der Waals surface area contributed by atoms with Gasteiger partial charge in [0.05, 0.1) is 17.8 Å². The lowest BCUT2D eigenvalue weighted by molar-refractivity contribution is -0.138. The van der Waals surface area contributed by atoms with E-state index in [1.165, 1.54) is 0 Å². The zero-order chi connectivity index (χ0) is 25.0. The van der Waals surface area contributed by atoms with Crippen LogP contribution in [0.25, 0.3) is 0 Å². The van der Waals surface area contributed by atoms with Crippen LogP contribution in [-0.2, 0) is 0 Å². The maximum absolute atomic E-state index is 13.0. The molecule has 1 amide bonds. The van der Waals surface area contributed by atoms with Gasteiger partial charge in [-0.2, -0.15) is 13.2 Å². The second kappa shape index (κ2) is 11.1. The van der Waals surface area contributed by atoms with Gasteiger partial charge in [-0.3, -0.25) is 9.69 Å². The van der Waals surface area contributed by atoms with Crippen LogP contribution >= 0.6 is 11.6 Å². The average molecular weight is 510 g/mol. The molecule has 2 aliphatic rings. The van der Waals surface area contributed by atoms with Gasteiger partial charge in [-0.05, 0) is 49.5 Å². The summed E-state index contributed by atoms with van der Waals surface area (Å²) < 4.78 is 37.6. The Kier molecular flexibility index (Phi) is 8.09. The summed E-state index contributed by atoms with van der Waals surface area (Å²) in [7, 11) is 2.11. The summed E-state index contributed by atoms with van der Waals surface area (Å²) >= 11 is 6.24. The molecule has 0 spiro atoms. The number of rotatable bonds is 6. The molecule has 2 fully saturated rings. The molecule has 2 aliphatic heterocycles. The first-order valence-corrected chi connectivity index (χ1v) is 12.2. The first-order chi connectivity index (χ1) is 16.7. The van der Waals surface area contributed by atoms with E-state index in [-0.39, 0.29) is 12.5 Å². The van der Waals surface area contributed by atoms with E-state index in [2.05, 4.69) is 27.1 Å². The lowest BCUT2D eigenvalue weighted by atomic mass is 10.1. The third-order valence-corrected chi connectivity index (χ3v) is 6.87. The molecule has 190 valence electrons. The van der Waals surface area contributed by atoms with Crippen LogP contribution in [0.3, 0.4) is 0 Å². The summed E-state index contributed by atoms with van der Waals surface area (Å²) in [4.78, 5) is 21.5. The number of nitrogens with one attached hydrogen (secondary N) is 1. The van der Waals surface area contributed by atoms with Crippen LogP contribution in [0.5, 0.6) is 0 Å². The first kappa shape index (κ1) is 25.6. The molecular formula is C25H31ClF3N5O. The smallest absolute Gasteiger partial charge is 0.369 e. The second-order valence-corrected chi connectivity index (χ2v) is 9.58. The van der Waals surface area contributed by atoms with Crippen molar-refractivity contribution in [2.45, 2.75) is 12.6 Å². The highest BCUT2D eigenvalue weighted by atomic mass is 35.5. The van der Waals surface area contributed by atoms with Gasteiger partial charge >= 0.3 is 6.18 Å². The summed E-state index contributed by atoms with van der Waals surface area (Å²) in [5.74, 6) is -0.220. The minimum atomic E-state index is -4.15. The van der Waals surface area contributed by atoms with Crippen molar-refractivity contribution in [2.24, 2.45) is 0 Å². The Morgan fingerprint density at radius 1 is 0.914 bits per heavy atom. The number of halogens is 4. The molecule has 0 aromatic heterocycles. The molecule has 0 saturated carbocycles. The second-order valence-electron chi connectivity index (χ2n) is 9.15. The van der Waals surface area contributed by atoms with Crippen molar-refractivity contribution in [3.8, 4) is 0 Å². The van der Waals surface area contributed by atoms with Gasteiger partial charge in [0.1, 0.15) is 0 Å². The zero-order valence-corrected chi connectivity index (χ0v) is 20.6. The van der Waals surface area contributed by atoms with E-state index in [0.717, 1.165) is 37.6 Å². The van der Waals surface area contributed by atoms with E-state index in [9.17, 15) is 18.0 Å². The lowest BCUT2D eigenvalue weighted by Crippen LogP contribution is -2.47. The third-order valence-electron chi connectivity index (χ3n) is 6.63. The number of carbonyl (C=O) groups excluding carboxylic acids is 1. The summed E-state index contributed by atoms with van der Waals surface area (Å²) in [6.45, 7) is 6.09. The van der Waals surface area contributed by atoms with Crippen LogP contribution in [-0.4, -0.2) is 87.8 Å². The third kappa shape index (κ3) is 7.02. The Hall–Kier alpha value is -2.49. The Labute approximate surface area is 209 Å². The van der Waals surface area contributed by atoms with Gasteiger partial charge in [-0.15, -0.1) is 0 Å². The van der Waals surface area contributed by atoms with Crippen LogP contribution in [0.2, 0.25) is 5.02 Å². The molecule has 0 atom stereocenters. The number of carbonyl (C=O) groups is 1. The van der Waals surface area contributed by atoms with Gasteiger partial charge in [0.2, 0.25) is 0 Å². The normalized spacial score (nSPS) is 18.1. The SMILES string of the molecule is CN1CCN(c2ccc(C(=O)Nc3ccc(Cl)cc3N3CCN(CCC(F)(F)F)CC3)cc2)CC1. The van der Waals surface area contributed by atoms with Crippen molar-refractivity contribution in [3.05, 3.63) is 53.1 Å². The van der Waals surface area contributed by atoms with Crippen LogP contribution in [0.4, 0.5) is 30.2 Å². The molecule has 0 bridgehead atoms. The number of nitrogens with zero attached hydrogens (tertiary/aromatic N) is 4. The number of alkyl halides is 3. The van der Waals surface area contributed by atoms with E-state index in [4.69, 9.17) is 11.6 Å². The summed E-state index contributed by atoms with van der Waals surface area (Å²) in [5, 5.41) is 3.53. The van der Waals surface area contributed by atoms with E-state index >= 15 is 0 Å². The van der Waals surface area contributed by atoms with Gasteiger partial charge in [-0.1, -0.05) is 11.6 Å². The van der Waals surface area contributed by atoms with Crippen molar-refractivity contribution in [3.63, 3.8) is 0 Å². The van der Waals surface area contributed by atoms with Crippen molar-refractivity contribution in [2.75, 3.05) is 81.1 Å². The van der Waals surface area contributed by atoms with Gasteiger partial charge in [-0.25, -0.2) is 0 Å². The van der Waals surface area contributed by atoms with Gasteiger partial charge in [0, 0.05) is 75.2 Å². The van der Waals surface area contributed by atoms with Gasteiger partial charge < -0.3 is 20.0 Å². The van der Waals surface area contributed by atoms with E-state index in [0.29, 0.717) is 42.5 Å². The fraction of sp³-hybridized carbons (Fsp3) is 0.480. The average Bonchev–Trinajstić information content (AvgIpc) is 2.84. The van der Waals surface area contributed by atoms with E-state index < -0.39 is 12.6 Å². The fourth-order valence-corrected chi connectivity index (χ4v) is 4.62. The largest absolute Gasteiger partial charge is 0.390 e. The van der Waals surface area contributed by atoms with Crippen molar-refractivity contribution >= 4 is 34.6 Å². The highest BCUT2D eigenvalue weighted by Gasteiger charge is 2.29. The summed E-state index contributed by atoms with van der Waals surface area (Å²) in [6.07, 6.45) is -4.96. The molecule has 0 aliphatic carbocycles. The topological polar surface area (TPSA) is 42.1 Å². The number of anilines is 3. The maximum atomic E-state index is 13.0. The highest BCUT2D eigenvalue weighted by Crippen LogP contribution is 2.31. The zero-order valence-electron chi connectivity index (χ0n) is 19.8. The molecular weight excluding hydrogens is 479 g/mol. The monoisotopic (exact) mass is 509 g/mol. The molecule has 6 nitrogen and oxygen atoms in total. The summed E-state index contributed by atoms with van der Waals surface area (Å²) in [5.41, 5.74) is 3.06. The van der Waals surface area contributed by atoms with Crippen molar-refractivity contribution < 1.29 is 18.0 Å². The fourth-order valence-electron chi connectivity index (χ4n) is 4.45. The molecule has 2 aromatic rings. The number of likely N-dealkylation sites (N-methyl/N-ethyl adjacent to an activating group) is 1. The highest BCUT2D eigenvalue weighted by molar-refractivity contribution is 6.31. The first-order valence-electron chi connectivity index (χ1n) is 11.9. The van der Waals surface area contributed by atoms with Crippen LogP contribution < -0.4 is 15.1 Å². The van der Waals surface area contributed by atoms with Gasteiger partial charge in [0.15, 0.2) is 0 Å². The minimum Gasteiger partial charge on any atom is -0.369 e. The molecule has 2 saturated heterocycles. The molecule has 1 N–H and O–H groups in total. The summed E-state index contributed by atoms with van der Waals surface area (Å²) in [6, 6.07) is 12.9. The Balaban J connectivity index is 1.39. The molecule has 2 aromatic carbocycles. The quantitative estimate of drug-likeness (QED) is 0.624. The Morgan fingerprint density at radius 3 is 2.17 bits per heavy atom. The molecule has 35 heavy (non-hydrogen) atoms. The number of benzene rings is 2. The number of hydrogen-bond donors (Lipinski definition) is 1. The Morgan fingerprint density at radius 2 is 1.54 bits per heavy atom. The number of amides is 1. The molecule has 4 rings (SSSR count). The molecule has 0 radical (unpaired) electrons. The van der Waals surface area contributed by atoms with Crippen LogP contribution in [0.1, 0.15) is 16.8 Å². The number of piperazine rings is 2.